The molecule has 210 valence electrons. The molecule has 2 atom stereocenters. The summed E-state index contributed by atoms with van der Waals surface area (Å²) in [5.74, 6) is -7.92. The number of Topliss-reactive ketones (excluding diaryl/α,β-unsaturated/α-hetero) is 1. The maximum Gasteiger partial charge on any atom is 0.319 e. The molecule has 2 aliphatic rings. The highest BCUT2D eigenvalue weighted by Crippen LogP contribution is 2.62. The summed E-state index contributed by atoms with van der Waals surface area (Å²) in [6.45, 7) is 0. The molecule has 12 nitrogen and oxygen atoms in total. The molecule has 3 heterocycles. The van der Waals surface area contributed by atoms with Gasteiger partial charge in [0, 0.05) is 29.3 Å². The lowest BCUT2D eigenvalue weighted by Gasteiger charge is -2.43. The summed E-state index contributed by atoms with van der Waals surface area (Å²) >= 11 is 0. The van der Waals surface area contributed by atoms with Crippen LogP contribution in [0.2, 0.25) is 0 Å². The standard InChI is InChI=1S/C30H18O12/c31-14-5-1-12(2-6-14)26-25(37)24(36)22-18(35)11-20-23(27(22)40-26)29(39)28(38)21-17(34)9-16(33)10-19(21)41-30(29,42-20)13-3-7-15(32)8-4-13/h1-11,31-35,37,39H. The van der Waals surface area contributed by atoms with Gasteiger partial charge in [-0.2, -0.15) is 0 Å². The van der Waals surface area contributed by atoms with Crippen LogP contribution < -0.4 is 14.9 Å². The molecule has 4 aromatic carbocycles. The van der Waals surface area contributed by atoms with Crippen molar-refractivity contribution in [2.75, 3.05) is 0 Å². The topological polar surface area (TPSA) is 207 Å². The molecule has 5 aromatic rings. The second kappa shape index (κ2) is 8.08. The van der Waals surface area contributed by atoms with E-state index >= 15 is 0 Å². The minimum absolute atomic E-state index is 0.0200. The van der Waals surface area contributed by atoms with E-state index < -0.39 is 73.5 Å². The number of carbonyl (C=O) groups excluding carboxylic acids is 1. The Balaban J connectivity index is 1.61. The van der Waals surface area contributed by atoms with Crippen LogP contribution in [0.25, 0.3) is 22.3 Å². The molecule has 7 N–H and O–H groups in total. The van der Waals surface area contributed by atoms with E-state index in [1.165, 1.54) is 48.5 Å². The van der Waals surface area contributed by atoms with Crippen LogP contribution in [-0.2, 0) is 11.4 Å². The van der Waals surface area contributed by atoms with E-state index in [1.807, 2.05) is 0 Å². The van der Waals surface area contributed by atoms with Crippen molar-refractivity contribution in [1.82, 2.24) is 0 Å². The number of aliphatic hydroxyl groups is 1. The SMILES string of the molecule is O=C1c2c(O)cc(O)cc2OC2(c3ccc(O)cc3)Oc3cc(O)c4c(=O)c(O)c(-c5ccc(O)cc5)oc4c3C12O. The van der Waals surface area contributed by atoms with Crippen molar-refractivity contribution < 1.29 is 54.4 Å². The number of benzene rings is 4. The number of ketones is 1. The molecule has 1 aromatic heterocycles. The monoisotopic (exact) mass is 570 g/mol. The van der Waals surface area contributed by atoms with E-state index in [4.69, 9.17) is 13.9 Å². The maximum absolute atomic E-state index is 14.3. The molecule has 2 unspecified atom stereocenters. The summed E-state index contributed by atoms with van der Waals surface area (Å²) in [6, 6.07) is 13.1. The van der Waals surface area contributed by atoms with Gasteiger partial charge in [-0.05, 0) is 48.5 Å². The third-order valence-electron chi connectivity index (χ3n) is 7.43. The van der Waals surface area contributed by atoms with Crippen molar-refractivity contribution in [3.8, 4) is 57.3 Å². The zero-order chi connectivity index (χ0) is 29.7. The Bertz CT molecular complexity index is 2050. The van der Waals surface area contributed by atoms with Crippen LogP contribution in [0.5, 0.6) is 46.0 Å². The van der Waals surface area contributed by atoms with Gasteiger partial charge in [0.25, 0.3) is 0 Å². The van der Waals surface area contributed by atoms with Gasteiger partial charge in [-0.3, -0.25) is 9.59 Å². The predicted octanol–water partition coefficient (Wildman–Crippen LogP) is 3.40. The third kappa shape index (κ3) is 3.03. The third-order valence-corrected chi connectivity index (χ3v) is 7.43. The zero-order valence-electron chi connectivity index (χ0n) is 21.0. The van der Waals surface area contributed by atoms with Crippen LogP contribution in [0.3, 0.4) is 0 Å². The van der Waals surface area contributed by atoms with Gasteiger partial charge >= 0.3 is 5.79 Å². The second-order valence-corrected chi connectivity index (χ2v) is 9.87. The molecule has 0 spiro atoms. The van der Waals surface area contributed by atoms with E-state index in [1.54, 1.807) is 0 Å². The van der Waals surface area contributed by atoms with Crippen LogP contribution in [0.1, 0.15) is 21.5 Å². The lowest BCUT2D eigenvalue weighted by Crippen LogP contribution is -2.60. The Hall–Kier alpha value is -5.88. The molecule has 0 saturated carbocycles. The first-order chi connectivity index (χ1) is 20.0. The van der Waals surface area contributed by atoms with Crippen LogP contribution >= 0.6 is 0 Å². The van der Waals surface area contributed by atoms with Gasteiger partial charge in [0.15, 0.2) is 11.3 Å². The molecule has 0 bridgehead atoms. The number of carbonyl (C=O) groups is 1. The number of ether oxygens (including phenoxy) is 2. The lowest BCUT2D eigenvalue weighted by atomic mass is 9.75. The molecular weight excluding hydrogens is 552 g/mol. The molecule has 0 fully saturated rings. The van der Waals surface area contributed by atoms with Crippen molar-refractivity contribution in [3.63, 3.8) is 0 Å². The number of fused-ring (bicyclic) bond motifs is 6. The number of phenolic OH excluding ortho intramolecular Hbond substituents is 5. The van der Waals surface area contributed by atoms with Gasteiger partial charge in [0.2, 0.25) is 22.6 Å². The Labute approximate surface area is 233 Å². The molecule has 0 saturated heterocycles. The average Bonchev–Trinajstić information content (AvgIpc) is 3.20. The lowest BCUT2D eigenvalue weighted by molar-refractivity contribution is -0.218. The van der Waals surface area contributed by atoms with Gasteiger partial charge < -0.3 is 49.6 Å². The van der Waals surface area contributed by atoms with E-state index in [0.717, 1.165) is 18.2 Å². The predicted molar refractivity (Wildman–Crippen MR) is 142 cm³/mol. The first-order valence-corrected chi connectivity index (χ1v) is 12.3. The number of hydrogen-bond acceptors (Lipinski definition) is 12. The minimum Gasteiger partial charge on any atom is -0.508 e. The van der Waals surface area contributed by atoms with Crippen LogP contribution in [0.4, 0.5) is 0 Å². The van der Waals surface area contributed by atoms with Crippen LogP contribution in [-0.4, -0.2) is 41.5 Å². The van der Waals surface area contributed by atoms with Crippen molar-refractivity contribution in [2.24, 2.45) is 0 Å². The fourth-order valence-electron chi connectivity index (χ4n) is 5.54. The van der Waals surface area contributed by atoms with Gasteiger partial charge in [0.1, 0.15) is 51.2 Å². The van der Waals surface area contributed by atoms with Crippen LogP contribution in [0, 0.1) is 0 Å². The number of phenols is 5. The summed E-state index contributed by atoms with van der Waals surface area (Å²) in [5.41, 5.74) is -5.47. The number of rotatable bonds is 2. The highest BCUT2D eigenvalue weighted by molar-refractivity contribution is 6.12. The minimum atomic E-state index is -2.92. The fourth-order valence-corrected chi connectivity index (χ4v) is 5.54. The van der Waals surface area contributed by atoms with E-state index in [2.05, 4.69) is 0 Å². The molecular formula is C30H18O12. The Kier molecular flexibility index (Phi) is 4.83. The van der Waals surface area contributed by atoms with E-state index in [0.29, 0.717) is 0 Å². The summed E-state index contributed by atoms with van der Waals surface area (Å²) in [5, 5.41) is 73.9. The van der Waals surface area contributed by atoms with Gasteiger partial charge in [-0.1, -0.05) is 0 Å². The van der Waals surface area contributed by atoms with E-state index in [-0.39, 0.29) is 34.1 Å². The summed E-state index contributed by atoms with van der Waals surface area (Å²) in [7, 11) is 0. The molecule has 12 heteroatoms. The fraction of sp³-hybridized carbons (Fsp3) is 0.0667. The molecule has 0 aliphatic carbocycles. The first-order valence-electron chi connectivity index (χ1n) is 12.3. The second-order valence-electron chi connectivity index (χ2n) is 9.87. The Morgan fingerprint density at radius 1 is 0.667 bits per heavy atom. The van der Waals surface area contributed by atoms with Crippen molar-refractivity contribution in [2.45, 2.75) is 11.4 Å². The number of aromatic hydroxyl groups is 6. The molecule has 2 aliphatic heterocycles. The van der Waals surface area contributed by atoms with Crippen molar-refractivity contribution >= 4 is 16.8 Å². The molecule has 7 rings (SSSR count). The molecule has 42 heavy (non-hydrogen) atoms. The summed E-state index contributed by atoms with van der Waals surface area (Å²) in [6.07, 6.45) is 0. The summed E-state index contributed by atoms with van der Waals surface area (Å²) in [4.78, 5) is 27.7. The largest absolute Gasteiger partial charge is 0.508 e. The smallest absolute Gasteiger partial charge is 0.319 e. The van der Waals surface area contributed by atoms with Crippen molar-refractivity contribution in [3.05, 3.63) is 93.6 Å². The Morgan fingerprint density at radius 3 is 1.95 bits per heavy atom. The Morgan fingerprint density at radius 2 is 1.29 bits per heavy atom. The molecule has 0 amide bonds. The van der Waals surface area contributed by atoms with Crippen molar-refractivity contribution in [1.29, 1.82) is 0 Å². The van der Waals surface area contributed by atoms with E-state index in [9.17, 15) is 45.3 Å². The molecule has 0 radical (unpaired) electrons. The van der Waals surface area contributed by atoms with Gasteiger partial charge in [-0.25, -0.2) is 0 Å². The first kappa shape index (κ1) is 25.1. The normalized spacial score (nSPS) is 20.4. The average molecular weight is 570 g/mol. The maximum atomic E-state index is 14.3. The number of hydrogen-bond donors (Lipinski definition) is 7. The highest BCUT2D eigenvalue weighted by atomic mass is 16.7. The highest BCUT2D eigenvalue weighted by Gasteiger charge is 2.72. The quantitative estimate of drug-likeness (QED) is 0.163. The zero-order valence-corrected chi connectivity index (χ0v) is 21.0. The van der Waals surface area contributed by atoms with Gasteiger partial charge in [0.05, 0.1) is 5.56 Å². The summed E-state index contributed by atoms with van der Waals surface area (Å²) < 4.78 is 18.1. The van der Waals surface area contributed by atoms with Crippen LogP contribution in [0.15, 0.2) is 75.9 Å². The van der Waals surface area contributed by atoms with Gasteiger partial charge in [-0.15, -0.1) is 0 Å².